The van der Waals surface area contributed by atoms with Crippen LogP contribution in [0.15, 0.2) is 12.3 Å². The van der Waals surface area contributed by atoms with Gasteiger partial charge in [0.25, 0.3) is 0 Å². The molecule has 0 aromatic carbocycles. The van der Waals surface area contributed by atoms with Crippen LogP contribution in [0.25, 0.3) is 0 Å². The third-order valence-corrected chi connectivity index (χ3v) is 3.11. The van der Waals surface area contributed by atoms with Crippen LogP contribution in [-0.2, 0) is 11.2 Å². The van der Waals surface area contributed by atoms with Gasteiger partial charge in [0.1, 0.15) is 5.78 Å². The summed E-state index contributed by atoms with van der Waals surface area (Å²) in [6.07, 6.45) is 4.16. The molecule has 0 spiro atoms. The Morgan fingerprint density at radius 1 is 1.32 bits per heavy atom. The number of hydrogen-bond acceptors (Lipinski definition) is 2. The van der Waals surface area contributed by atoms with Crippen molar-refractivity contribution in [1.82, 2.24) is 9.78 Å². The van der Waals surface area contributed by atoms with Gasteiger partial charge < -0.3 is 0 Å². The molecular weight excluding hydrogens is 236 g/mol. The molecule has 0 aliphatic rings. The molecule has 3 nitrogen and oxygen atoms in total. The molecule has 0 N–H and O–H groups in total. The molecule has 108 valence electrons. The second-order valence-corrected chi connectivity index (χ2v) is 7.17. The Kier molecular flexibility index (Phi) is 5.33. The van der Waals surface area contributed by atoms with Crippen LogP contribution in [0.1, 0.15) is 66.1 Å². The first-order valence-electron chi connectivity index (χ1n) is 7.23. The molecule has 19 heavy (non-hydrogen) atoms. The van der Waals surface area contributed by atoms with Crippen LogP contribution in [0.4, 0.5) is 0 Å². The quantitative estimate of drug-likeness (QED) is 0.777. The molecule has 1 atom stereocenters. The second kappa shape index (κ2) is 6.36. The van der Waals surface area contributed by atoms with Crippen LogP contribution in [0.2, 0.25) is 0 Å². The Morgan fingerprint density at radius 2 is 1.95 bits per heavy atom. The SMILES string of the molecule is CC(CC(=O)Cc1ccn(C(C)C)n1)CC(C)(C)C. The Balaban J connectivity index is 2.46. The van der Waals surface area contributed by atoms with E-state index in [1.54, 1.807) is 0 Å². The van der Waals surface area contributed by atoms with Crippen molar-refractivity contribution in [3.8, 4) is 0 Å². The van der Waals surface area contributed by atoms with Crippen molar-refractivity contribution in [3.05, 3.63) is 18.0 Å². The Bertz CT molecular complexity index is 413. The summed E-state index contributed by atoms with van der Waals surface area (Å²) in [5.41, 5.74) is 1.18. The predicted octanol–water partition coefficient (Wildman–Crippen LogP) is 4.04. The third-order valence-electron chi connectivity index (χ3n) is 3.11. The van der Waals surface area contributed by atoms with E-state index in [9.17, 15) is 4.79 Å². The van der Waals surface area contributed by atoms with Crippen LogP contribution in [-0.4, -0.2) is 15.6 Å². The molecule has 0 amide bonds. The molecule has 0 radical (unpaired) electrons. The lowest BCUT2D eigenvalue weighted by Crippen LogP contribution is -2.15. The topological polar surface area (TPSA) is 34.9 Å². The number of nitrogens with zero attached hydrogens (tertiary/aromatic N) is 2. The normalized spacial score (nSPS) is 13.8. The van der Waals surface area contributed by atoms with E-state index in [0.717, 1.165) is 12.1 Å². The fourth-order valence-electron chi connectivity index (χ4n) is 2.54. The lowest BCUT2D eigenvalue weighted by molar-refractivity contribution is -0.119. The summed E-state index contributed by atoms with van der Waals surface area (Å²) in [7, 11) is 0. The van der Waals surface area contributed by atoms with E-state index in [-0.39, 0.29) is 0 Å². The molecule has 1 aromatic heterocycles. The second-order valence-electron chi connectivity index (χ2n) is 7.17. The molecule has 0 fully saturated rings. The zero-order chi connectivity index (χ0) is 14.6. The smallest absolute Gasteiger partial charge is 0.139 e. The van der Waals surface area contributed by atoms with Crippen molar-refractivity contribution < 1.29 is 4.79 Å². The number of ketones is 1. The van der Waals surface area contributed by atoms with Gasteiger partial charge in [0.2, 0.25) is 0 Å². The zero-order valence-electron chi connectivity index (χ0n) is 13.2. The van der Waals surface area contributed by atoms with E-state index < -0.39 is 0 Å². The fraction of sp³-hybridized carbons (Fsp3) is 0.750. The highest BCUT2D eigenvalue weighted by molar-refractivity contribution is 5.80. The standard InChI is InChI=1S/C16H28N2O/c1-12(2)18-8-7-14(17-18)10-15(19)9-13(3)11-16(4,5)6/h7-8,12-13H,9-11H2,1-6H3. The molecule has 0 aliphatic carbocycles. The van der Waals surface area contributed by atoms with Crippen LogP contribution < -0.4 is 0 Å². The summed E-state index contributed by atoms with van der Waals surface area (Å²) in [6.45, 7) is 13.0. The maximum Gasteiger partial charge on any atom is 0.139 e. The fourth-order valence-corrected chi connectivity index (χ4v) is 2.54. The lowest BCUT2D eigenvalue weighted by Gasteiger charge is -2.22. The molecule has 0 bridgehead atoms. The van der Waals surface area contributed by atoms with Crippen molar-refractivity contribution in [3.63, 3.8) is 0 Å². The maximum atomic E-state index is 12.0. The number of aromatic nitrogens is 2. The summed E-state index contributed by atoms with van der Waals surface area (Å²) in [6, 6.07) is 2.30. The largest absolute Gasteiger partial charge is 0.299 e. The van der Waals surface area contributed by atoms with E-state index in [1.165, 1.54) is 0 Å². The van der Waals surface area contributed by atoms with Gasteiger partial charge in [-0.3, -0.25) is 9.48 Å². The molecule has 1 rings (SSSR count). The number of Topliss-reactive ketones (excluding diaryl/α,β-unsaturated/α-hetero) is 1. The van der Waals surface area contributed by atoms with Crippen molar-refractivity contribution in [1.29, 1.82) is 0 Å². The summed E-state index contributed by atoms with van der Waals surface area (Å²) in [5, 5.41) is 4.43. The molecule has 1 heterocycles. The van der Waals surface area contributed by atoms with E-state index in [0.29, 0.717) is 36.0 Å². The minimum absolute atomic E-state index is 0.291. The molecule has 1 aromatic rings. The lowest BCUT2D eigenvalue weighted by atomic mass is 9.83. The summed E-state index contributed by atoms with van der Waals surface area (Å²) < 4.78 is 1.90. The Morgan fingerprint density at radius 3 is 2.42 bits per heavy atom. The summed E-state index contributed by atoms with van der Waals surface area (Å²) in [5.74, 6) is 0.741. The highest BCUT2D eigenvalue weighted by atomic mass is 16.1. The minimum Gasteiger partial charge on any atom is -0.299 e. The van der Waals surface area contributed by atoms with Gasteiger partial charge in [-0.15, -0.1) is 0 Å². The number of hydrogen-bond donors (Lipinski definition) is 0. The van der Waals surface area contributed by atoms with Crippen LogP contribution >= 0.6 is 0 Å². The van der Waals surface area contributed by atoms with Gasteiger partial charge in [-0.25, -0.2) is 0 Å². The first kappa shape index (κ1) is 15.9. The van der Waals surface area contributed by atoms with E-state index >= 15 is 0 Å². The van der Waals surface area contributed by atoms with Gasteiger partial charge in [-0.2, -0.15) is 5.10 Å². The van der Waals surface area contributed by atoms with Gasteiger partial charge in [0.15, 0.2) is 0 Å². The zero-order valence-corrected chi connectivity index (χ0v) is 13.2. The molecule has 1 unspecified atom stereocenters. The monoisotopic (exact) mass is 264 g/mol. The average molecular weight is 264 g/mol. The number of rotatable bonds is 6. The van der Waals surface area contributed by atoms with E-state index in [2.05, 4.69) is 46.6 Å². The van der Waals surface area contributed by atoms with Gasteiger partial charge in [-0.05, 0) is 37.7 Å². The van der Waals surface area contributed by atoms with Gasteiger partial charge in [0, 0.05) is 18.7 Å². The van der Waals surface area contributed by atoms with Crippen molar-refractivity contribution in [2.75, 3.05) is 0 Å². The first-order valence-corrected chi connectivity index (χ1v) is 7.23. The highest BCUT2D eigenvalue weighted by Crippen LogP contribution is 2.26. The van der Waals surface area contributed by atoms with Crippen LogP contribution in [0.5, 0.6) is 0 Å². The average Bonchev–Trinajstić information content (AvgIpc) is 2.62. The first-order chi connectivity index (χ1) is 8.67. The van der Waals surface area contributed by atoms with E-state index in [4.69, 9.17) is 0 Å². The van der Waals surface area contributed by atoms with Crippen LogP contribution in [0, 0.1) is 11.3 Å². The van der Waals surface area contributed by atoms with Crippen LogP contribution in [0.3, 0.4) is 0 Å². The summed E-state index contributed by atoms with van der Waals surface area (Å²) >= 11 is 0. The van der Waals surface area contributed by atoms with Gasteiger partial charge in [-0.1, -0.05) is 27.7 Å². The highest BCUT2D eigenvalue weighted by Gasteiger charge is 2.18. The molecule has 0 saturated heterocycles. The molecule has 3 heteroatoms. The Labute approximate surface area is 117 Å². The molecule has 0 saturated carbocycles. The van der Waals surface area contributed by atoms with Gasteiger partial charge in [0.05, 0.1) is 12.1 Å². The third kappa shape index (κ3) is 6.04. The molecular formula is C16H28N2O. The molecule has 0 aliphatic heterocycles. The minimum atomic E-state index is 0.291. The van der Waals surface area contributed by atoms with E-state index in [1.807, 2.05) is 16.9 Å². The number of carbonyl (C=O) groups excluding carboxylic acids is 1. The predicted molar refractivity (Wildman–Crippen MR) is 79.2 cm³/mol. The van der Waals surface area contributed by atoms with Crippen molar-refractivity contribution in [2.24, 2.45) is 11.3 Å². The van der Waals surface area contributed by atoms with Crippen molar-refractivity contribution in [2.45, 2.75) is 66.8 Å². The summed E-state index contributed by atoms with van der Waals surface area (Å²) in [4.78, 5) is 12.0. The van der Waals surface area contributed by atoms with Gasteiger partial charge >= 0.3 is 0 Å². The van der Waals surface area contributed by atoms with Crippen molar-refractivity contribution >= 4 is 5.78 Å². The number of carbonyl (C=O) groups is 1. The Hall–Kier alpha value is -1.12. The maximum absolute atomic E-state index is 12.0.